The Hall–Kier alpha value is -0.860. The third kappa shape index (κ3) is 4.92. The molecule has 0 aromatic heterocycles. The molecule has 0 aliphatic carbocycles. The van der Waals surface area contributed by atoms with Gasteiger partial charge in [-0.3, -0.25) is 0 Å². The highest BCUT2D eigenvalue weighted by Gasteiger charge is 2.26. The minimum atomic E-state index is 0.0179. The molecule has 114 valence electrons. The van der Waals surface area contributed by atoms with Gasteiger partial charge >= 0.3 is 0 Å². The monoisotopic (exact) mass is 277 g/mol. The zero-order chi connectivity index (χ0) is 15.0. The molecule has 0 saturated carbocycles. The summed E-state index contributed by atoms with van der Waals surface area (Å²) in [6, 6.07) is 11.0. The summed E-state index contributed by atoms with van der Waals surface area (Å²) in [5.41, 5.74) is 1.37. The largest absolute Gasteiger partial charge is 0.396 e. The van der Waals surface area contributed by atoms with Gasteiger partial charge in [0, 0.05) is 24.6 Å². The molecule has 0 saturated heterocycles. The van der Waals surface area contributed by atoms with Gasteiger partial charge in [-0.1, -0.05) is 58.0 Å². The van der Waals surface area contributed by atoms with Crippen LogP contribution in [0.5, 0.6) is 0 Å². The van der Waals surface area contributed by atoms with Gasteiger partial charge < -0.3 is 10.4 Å². The lowest BCUT2D eigenvalue weighted by Crippen LogP contribution is -2.38. The van der Waals surface area contributed by atoms with Crippen molar-refractivity contribution >= 4 is 0 Å². The fourth-order valence-electron chi connectivity index (χ4n) is 2.61. The number of hydrogen-bond acceptors (Lipinski definition) is 2. The lowest BCUT2D eigenvalue weighted by molar-refractivity contribution is 0.108. The van der Waals surface area contributed by atoms with Gasteiger partial charge in [0.25, 0.3) is 0 Å². The molecule has 2 heteroatoms. The summed E-state index contributed by atoms with van der Waals surface area (Å²) in [7, 11) is 0. The van der Waals surface area contributed by atoms with Crippen LogP contribution in [0.25, 0.3) is 0 Å². The quantitative estimate of drug-likeness (QED) is 0.710. The van der Waals surface area contributed by atoms with Crippen molar-refractivity contribution in [2.24, 2.45) is 11.3 Å². The van der Waals surface area contributed by atoms with Gasteiger partial charge in [0.05, 0.1) is 0 Å². The summed E-state index contributed by atoms with van der Waals surface area (Å²) in [6.07, 6.45) is 3.14. The van der Waals surface area contributed by atoms with Crippen molar-refractivity contribution in [2.45, 2.75) is 53.0 Å². The number of rotatable bonds is 9. The van der Waals surface area contributed by atoms with Crippen molar-refractivity contribution < 1.29 is 5.11 Å². The Kier molecular flexibility index (Phi) is 7.25. The molecule has 2 N–H and O–H groups in total. The summed E-state index contributed by atoms with van der Waals surface area (Å²) in [5, 5.41) is 13.4. The molecule has 2 nitrogen and oxygen atoms in total. The minimum absolute atomic E-state index is 0.0179. The first-order valence-corrected chi connectivity index (χ1v) is 7.96. The van der Waals surface area contributed by atoms with Crippen LogP contribution in [-0.4, -0.2) is 18.3 Å². The van der Waals surface area contributed by atoms with E-state index in [1.54, 1.807) is 0 Å². The van der Waals surface area contributed by atoms with Crippen molar-refractivity contribution in [1.29, 1.82) is 0 Å². The van der Waals surface area contributed by atoms with Crippen LogP contribution in [0.4, 0.5) is 0 Å². The van der Waals surface area contributed by atoms with E-state index in [0.717, 1.165) is 25.8 Å². The molecular formula is C18H31NO. The molecular weight excluding hydrogens is 246 g/mol. The van der Waals surface area contributed by atoms with E-state index in [2.05, 4.69) is 63.3 Å². The number of aliphatic hydroxyl groups is 1. The van der Waals surface area contributed by atoms with E-state index in [-0.39, 0.29) is 12.0 Å². The zero-order valence-corrected chi connectivity index (χ0v) is 13.5. The maximum atomic E-state index is 9.70. The van der Waals surface area contributed by atoms with Crippen LogP contribution < -0.4 is 5.32 Å². The predicted molar refractivity (Wildman–Crippen MR) is 86.7 cm³/mol. The molecule has 1 atom stereocenters. The second-order valence-electron chi connectivity index (χ2n) is 6.34. The number of benzene rings is 1. The van der Waals surface area contributed by atoms with Crippen LogP contribution >= 0.6 is 0 Å². The molecule has 1 unspecified atom stereocenters. The molecule has 1 aromatic rings. The Morgan fingerprint density at radius 1 is 1.10 bits per heavy atom. The fraction of sp³-hybridized carbons (Fsp3) is 0.667. The van der Waals surface area contributed by atoms with Gasteiger partial charge in [-0.15, -0.1) is 0 Å². The van der Waals surface area contributed by atoms with E-state index in [9.17, 15) is 5.11 Å². The maximum Gasteiger partial charge on any atom is 0.0499 e. The lowest BCUT2D eigenvalue weighted by Gasteiger charge is -2.32. The van der Waals surface area contributed by atoms with E-state index in [0.29, 0.717) is 12.0 Å². The van der Waals surface area contributed by atoms with Crippen molar-refractivity contribution in [3.63, 3.8) is 0 Å². The van der Waals surface area contributed by atoms with E-state index in [1.165, 1.54) is 5.56 Å². The van der Waals surface area contributed by atoms with Crippen molar-refractivity contribution in [3.8, 4) is 0 Å². The van der Waals surface area contributed by atoms with Crippen LogP contribution in [0.2, 0.25) is 0 Å². The molecule has 0 heterocycles. The van der Waals surface area contributed by atoms with E-state index < -0.39 is 0 Å². The second-order valence-corrected chi connectivity index (χ2v) is 6.34. The van der Waals surface area contributed by atoms with Gasteiger partial charge in [0.2, 0.25) is 0 Å². The first-order chi connectivity index (χ1) is 9.56. The molecule has 0 radical (unpaired) electrons. The maximum absolute atomic E-state index is 9.70. The molecule has 0 fully saturated rings. The highest BCUT2D eigenvalue weighted by molar-refractivity contribution is 5.19. The van der Waals surface area contributed by atoms with Gasteiger partial charge in [-0.2, -0.15) is 0 Å². The van der Waals surface area contributed by atoms with Crippen LogP contribution in [0, 0.1) is 11.3 Å². The summed E-state index contributed by atoms with van der Waals surface area (Å²) in [4.78, 5) is 0. The standard InChI is InChI=1S/C18H31NO/c1-5-18(6-2,14-20)13-19-17(12-15(3)4)16-10-8-7-9-11-16/h7-11,15,17,19-20H,5-6,12-14H2,1-4H3. The summed E-state index contributed by atoms with van der Waals surface area (Å²) >= 11 is 0. The predicted octanol–water partition coefficient (Wildman–Crippen LogP) is 4.16. The second kappa shape index (κ2) is 8.43. The fourth-order valence-corrected chi connectivity index (χ4v) is 2.61. The van der Waals surface area contributed by atoms with Crippen LogP contribution in [-0.2, 0) is 0 Å². The molecule has 1 rings (SSSR count). The van der Waals surface area contributed by atoms with Crippen molar-refractivity contribution in [1.82, 2.24) is 5.32 Å². The molecule has 0 aliphatic heterocycles. The Bertz CT molecular complexity index is 349. The Balaban J connectivity index is 2.76. The van der Waals surface area contributed by atoms with Gasteiger partial charge in [-0.05, 0) is 30.7 Å². The highest BCUT2D eigenvalue weighted by atomic mass is 16.3. The van der Waals surface area contributed by atoms with Crippen LogP contribution in [0.15, 0.2) is 30.3 Å². The third-order valence-corrected chi connectivity index (χ3v) is 4.47. The average Bonchev–Trinajstić information content (AvgIpc) is 2.48. The van der Waals surface area contributed by atoms with Gasteiger partial charge in [0.1, 0.15) is 0 Å². The third-order valence-electron chi connectivity index (χ3n) is 4.47. The zero-order valence-electron chi connectivity index (χ0n) is 13.5. The molecule has 0 amide bonds. The molecule has 0 spiro atoms. The summed E-state index contributed by atoms with van der Waals surface area (Å²) in [5.74, 6) is 0.652. The summed E-state index contributed by atoms with van der Waals surface area (Å²) in [6.45, 7) is 9.99. The first kappa shape index (κ1) is 17.2. The van der Waals surface area contributed by atoms with Crippen LogP contribution in [0.3, 0.4) is 0 Å². The van der Waals surface area contributed by atoms with Gasteiger partial charge in [-0.25, -0.2) is 0 Å². The number of aliphatic hydroxyl groups excluding tert-OH is 1. The molecule has 20 heavy (non-hydrogen) atoms. The Morgan fingerprint density at radius 3 is 2.15 bits per heavy atom. The lowest BCUT2D eigenvalue weighted by atomic mass is 9.82. The normalized spacial score (nSPS) is 13.7. The smallest absolute Gasteiger partial charge is 0.0499 e. The number of nitrogens with one attached hydrogen (secondary N) is 1. The molecule has 1 aromatic carbocycles. The average molecular weight is 277 g/mol. The van der Waals surface area contributed by atoms with E-state index in [4.69, 9.17) is 0 Å². The Morgan fingerprint density at radius 2 is 1.70 bits per heavy atom. The molecule has 0 aliphatic rings. The van der Waals surface area contributed by atoms with E-state index in [1.807, 2.05) is 0 Å². The highest BCUT2D eigenvalue weighted by Crippen LogP contribution is 2.27. The molecule has 0 bridgehead atoms. The Labute approximate surface area is 124 Å². The van der Waals surface area contributed by atoms with E-state index >= 15 is 0 Å². The number of hydrogen-bond donors (Lipinski definition) is 2. The van der Waals surface area contributed by atoms with Gasteiger partial charge in [0.15, 0.2) is 0 Å². The SMILES string of the molecule is CCC(CC)(CO)CNC(CC(C)C)c1ccccc1. The first-order valence-electron chi connectivity index (χ1n) is 7.96. The topological polar surface area (TPSA) is 32.3 Å². The summed E-state index contributed by atoms with van der Waals surface area (Å²) < 4.78 is 0. The van der Waals surface area contributed by atoms with Crippen LogP contribution in [0.1, 0.15) is 58.6 Å². The van der Waals surface area contributed by atoms with Crippen molar-refractivity contribution in [2.75, 3.05) is 13.2 Å². The van der Waals surface area contributed by atoms with Crippen molar-refractivity contribution in [3.05, 3.63) is 35.9 Å². The minimum Gasteiger partial charge on any atom is -0.396 e.